The molecular weight excluding hydrogens is 220 g/mol. The number of anilines is 1. The minimum Gasteiger partial charge on any atom is -0.479 e. The number of hydrogen-bond donors (Lipinski definition) is 3. The van der Waals surface area contributed by atoms with Crippen LogP contribution >= 0.6 is 0 Å². The van der Waals surface area contributed by atoms with Gasteiger partial charge in [-0.25, -0.2) is 9.42 Å². The molecular formula is C7H10N4O5. The molecule has 0 fully saturated rings. The zero-order valence-electron chi connectivity index (χ0n) is 8.34. The molecule has 0 radical (unpaired) electrons. The second-order valence-electron chi connectivity index (χ2n) is 2.77. The number of methoxy groups -OCH3 is 1. The number of hydrogen-bond acceptors (Lipinski definition) is 7. The Kier molecular flexibility index (Phi) is 3.78. The van der Waals surface area contributed by atoms with Gasteiger partial charge in [0, 0.05) is 7.11 Å². The number of carbonyl (C=O) groups excluding carboxylic acids is 1. The van der Waals surface area contributed by atoms with E-state index in [1.54, 1.807) is 0 Å². The van der Waals surface area contributed by atoms with E-state index in [2.05, 4.69) is 25.0 Å². The van der Waals surface area contributed by atoms with Crippen LogP contribution in [0.2, 0.25) is 0 Å². The van der Waals surface area contributed by atoms with Gasteiger partial charge in [0.15, 0.2) is 6.10 Å². The van der Waals surface area contributed by atoms with E-state index in [9.17, 15) is 9.59 Å². The van der Waals surface area contributed by atoms with Gasteiger partial charge in [-0.15, -0.1) is 0 Å². The van der Waals surface area contributed by atoms with Crippen LogP contribution < -0.4 is 11.1 Å². The summed E-state index contributed by atoms with van der Waals surface area (Å²) in [6.07, 6.45) is -1.13. The normalized spacial score (nSPS) is 12.1. The summed E-state index contributed by atoms with van der Waals surface area (Å²) in [6.45, 7) is -0.211. The van der Waals surface area contributed by atoms with Crippen LogP contribution in [0, 0.1) is 0 Å². The Morgan fingerprint density at radius 1 is 1.62 bits per heavy atom. The topological polar surface area (TPSA) is 141 Å². The van der Waals surface area contributed by atoms with Crippen LogP contribution in [-0.2, 0) is 9.53 Å². The van der Waals surface area contributed by atoms with Crippen molar-refractivity contribution >= 4 is 17.7 Å². The number of carbonyl (C=O) groups is 2. The Morgan fingerprint density at radius 2 is 2.31 bits per heavy atom. The van der Waals surface area contributed by atoms with Crippen LogP contribution in [0.5, 0.6) is 0 Å². The van der Waals surface area contributed by atoms with Gasteiger partial charge < -0.3 is 20.9 Å². The summed E-state index contributed by atoms with van der Waals surface area (Å²) < 4.78 is 8.82. The van der Waals surface area contributed by atoms with E-state index in [1.807, 2.05) is 0 Å². The van der Waals surface area contributed by atoms with Gasteiger partial charge in [-0.3, -0.25) is 4.79 Å². The number of nitrogens with one attached hydrogen (secondary N) is 1. The molecule has 1 heterocycles. The summed E-state index contributed by atoms with van der Waals surface area (Å²) in [6, 6.07) is 0. The highest BCUT2D eigenvalue weighted by molar-refractivity contribution is 5.96. The lowest BCUT2D eigenvalue weighted by Gasteiger charge is -2.10. The maximum Gasteiger partial charge on any atom is 0.334 e. The third-order valence-corrected chi connectivity index (χ3v) is 1.74. The van der Waals surface area contributed by atoms with E-state index in [4.69, 9.17) is 10.8 Å². The second kappa shape index (κ2) is 5.07. The molecule has 1 aromatic heterocycles. The summed E-state index contributed by atoms with van der Waals surface area (Å²) in [7, 11) is 1.22. The number of rotatable bonds is 5. The van der Waals surface area contributed by atoms with Gasteiger partial charge in [0.25, 0.3) is 5.91 Å². The number of carboxylic acid groups (broad SMARTS) is 1. The third kappa shape index (κ3) is 2.67. The van der Waals surface area contributed by atoms with E-state index in [1.165, 1.54) is 7.11 Å². The zero-order chi connectivity index (χ0) is 12.1. The van der Waals surface area contributed by atoms with Crippen LogP contribution in [0.1, 0.15) is 10.5 Å². The van der Waals surface area contributed by atoms with Crippen molar-refractivity contribution in [2.75, 3.05) is 19.4 Å². The summed E-state index contributed by atoms with van der Waals surface area (Å²) in [4.78, 5) is 21.9. The quantitative estimate of drug-likeness (QED) is 0.553. The smallest absolute Gasteiger partial charge is 0.334 e. The largest absolute Gasteiger partial charge is 0.479 e. The van der Waals surface area contributed by atoms with E-state index in [0.29, 0.717) is 0 Å². The Labute approximate surface area is 89.5 Å². The predicted octanol–water partition coefficient (Wildman–Crippen LogP) is -1.52. The number of aromatic nitrogens is 2. The standard InChI is InChI=1S/C7H10N4O5/c1-15-3(7(13)14)2-9-6(12)4-5(8)11-16-10-4/h3H,2H2,1H3,(H2,8,11)(H,9,12)(H,13,14). The highest BCUT2D eigenvalue weighted by Crippen LogP contribution is 2.03. The first-order valence-electron chi connectivity index (χ1n) is 4.18. The average Bonchev–Trinajstić information content (AvgIpc) is 2.64. The van der Waals surface area contributed by atoms with E-state index in [0.717, 1.165) is 0 Å². The van der Waals surface area contributed by atoms with Crippen molar-refractivity contribution in [3.05, 3.63) is 5.69 Å². The Balaban J connectivity index is 2.53. The van der Waals surface area contributed by atoms with Crippen molar-refractivity contribution in [2.45, 2.75) is 6.10 Å². The number of amides is 1. The van der Waals surface area contributed by atoms with Gasteiger partial charge in [-0.2, -0.15) is 0 Å². The molecule has 88 valence electrons. The molecule has 0 aliphatic rings. The molecule has 1 amide bonds. The summed E-state index contributed by atoms with van der Waals surface area (Å²) >= 11 is 0. The molecule has 1 rings (SSSR count). The number of aliphatic carboxylic acids is 1. The minimum atomic E-state index is -1.19. The van der Waals surface area contributed by atoms with Crippen molar-refractivity contribution in [1.29, 1.82) is 0 Å². The number of nitrogens with two attached hydrogens (primary N) is 1. The molecule has 4 N–H and O–H groups in total. The van der Waals surface area contributed by atoms with Gasteiger partial charge >= 0.3 is 5.97 Å². The molecule has 0 aromatic carbocycles. The molecule has 9 nitrogen and oxygen atoms in total. The second-order valence-corrected chi connectivity index (χ2v) is 2.77. The number of carboxylic acids is 1. The zero-order valence-corrected chi connectivity index (χ0v) is 8.34. The first-order valence-corrected chi connectivity index (χ1v) is 4.18. The molecule has 0 aliphatic carbocycles. The van der Waals surface area contributed by atoms with Crippen LogP contribution in [0.25, 0.3) is 0 Å². The summed E-state index contributed by atoms with van der Waals surface area (Å²) in [5.74, 6) is -2.03. The van der Waals surface area contributed by atoms with E-state index < -0.39 is 18.0 Å². The Bertz CT molecular complexity index is 390. The number of ether oxygens (including phenoxy) is 1. The molecule has 0 aliphatic heterocycles. The summed E-state index contributed by atoms with van der Waals surface area (Å²) in [5, 5.41) is 17.4. The monoisotopic (exact) mass is 230 g/mol. The fourth-order valence-electron chi connectivity index (χ4n) is 0.894. The molecule has 0 bridgehead atoms. The number of nitrogens with zero attached hydrogens (tertiary/aromatic N) is 2. The van der Waals surface area contributed by atoms with Crippen LogP contribution in [0.4, 0.5) is 5.82 Å². The molecule has 16 heavy (non-hydrogen) atoms. The highest BCUT2D eigenvalue weighted by Gasteiger charge is 2.20. The summed E-state index contributed by atoms with van der Waals surface area (Å²) in [5.41, 5.74) is 5.07. The molecule has 0 saturated carbocycles. The third-order valence-electron chi connectivity index (χ3n) is 1.74. The van der Waals surface area contributed by atoms with Gasteiger partial charge in [0.05, 0.1) is 6.54 Å². The maximum absolute atomic E-state index is 11.4. The highest BCUT2D eigenvalue weighted by atomic mass is 16.6. The van der Waals surface area contributed by atoms with Crippen LogP contribution in [0.15, 0.2) is 4.63 Å². The molecule has 0 saturated heterocycles. The van der Waals surface area contributed by atoms with Crippen LogP contribution in [0.3, 0.4) is 0 Å². The van der Waals surface area contributed by atoms with Crippen molar-refractivity contribution < 1.29 is 24.1 Å². The minimum absolute atomic E-state index is 0.165. The molecule has 1 aromatic rings. The molecule has 0 spiro atoms. The van der Waals surface area contributed by atoms with Gasteiger partial charge in [0.1, 0.15) is 0 Å². The average molecular weight is 230 g/mol. The van der Waals surface area contributed by atoms with Crippen molar-refractivity contribution in [2.24, 2.45) is 0 Å². The molecule has 1 atom stereocenters. The van der Waals surface area contributed by atoms with Gasteiger partial charge in [-0.05, 0) is 10.3 Å². The van der Waals surface area contributed by atoms with Gasteiger partial charge in [-0.1, -0.05) is 0 Å². The van der Waals surface area contributed by atoms with Crippen molar-refractivity contribution in [3.8, 4) is 0 Å². The predicted molar refractivity (Wildman–Crippen MR) is 49.5 cm³/mol. The number of nitrogen functional groups attached to an aromatic ring is 1. The lowest BCUT2D eigenvalue weighted by Crippen LogP contribution is -2.38. The molecule has 9 heteroatoms. The fraction of sp³-hybridized carbons (Fsp3) is 0.429. The first-order chi connectivity index (χ1) is 7.56. The van der Waals surface area contributed by atoms with E-state index >= 15 is 0 Å². The lowest BCUT2D eigenvalue weighted by molar-refractivity contribution is -0.148. The Hall–Kier alpha value is -2.16. The lowest BCUT2D eigenvalue weighted by atomic mass is 10.3. The van der Waals surface area contributed by atoms with Crippen molar-refractivity contribution in [1.82, 2.24) is 15.6 Å². The van der Waals surface area contributed by atoms with Gasteiger partial charge in [0.2, 0.25) is 11.5 Å². The SMILES string of the molecule is COC(CNC(=O)c1nonc1N)C(=O)O. The van der Waals surface area contributed by atoms with E-state index in [-0.39, 0.29) is 18.1 Å². The maximum atomic E-state index is 11.4. The first kappa shape index (κ1) is 11.9. The fourth-order valence-corrected chi connectivity index (χ4v) is 0.894. The Morgan fingerprint density at radius 3 is 2.75 bits per heavy atom. The van der Waals surface area contributed by atoms with Crippen LogP contribution in [-0.4, -0.2) is 47.1 Å². The molecule has 1 unspecified atom stereocenters. The van der Waals surface area contributed by atoms with Crippen molar-refractivity contribution in [3.63, 3.8) is 0 Å².